The highest BCUT2D eigenvalue weighted by Gasteiger charge is 2.22. The van der Waals surface area contributed by atoms with Crippen LogP contribution in [0.3, 0.4) is 0 Å². The number of hydrogen-bond donors (Lipinski definition) is 0. The smallest absolute Gasteiger partial charge is 0.144 e. The summed E-state index contributed by atoms with van der Waals surface area (Å²) in [6.07, 6.45) is 0. The van der Waals surface area contributed by atoms with Gasteiger partial charge in [-0.1, -0.05) is 158 Å². The zero-order valence-electron chi connectivity index (χ0n) is 31.0. The standard InChI is InChI=1S/C54H35NOS/c1-3-10-36(11-4-1)38-18-22-40(23-19-38)42-26-30-44(31-27-42)55(45-32-28-43(29-33-45)41-24-20-39(21-25-41)37-12-5-2-6-13-37)48-15-9-17-50-52(48)53-51(57-50)35-34-47-46-14-7-8-16-49(46)56-54(47)53/h1-35H. The van der Waals surface area contributed by atoms with Crippen LogP contribution in [0.1, 0.15) is 0 Å². The van der Waals surface area contributed by atoms with E-state index in [9.17, 15) is 0 Å². The van der Waals surface area contributed by atoms with Gasteiger partial charge in [-0.05, 0) is 99.1 Å². The Hall–Kier alpha value is -7.20. The predicted molar refractivity (Wildman–Crippen MR) is 243 cm³/mol. The van der Waals surface area contributed by atoms with E-state index in [0.717, 1.165) is 44.4 Å². The van der Waals surface area contributed by atoms with Gasteiger partial charge < -0.3 is 9.32 Å². The summed E-state index contributed by atoms with van der Waals surface area (Å²) in [4.78, 5) is 2.40. The van der Waals surface area contributed by atoms with E-state index in [0.29, 0.717) is 0 Å². The van der Waals surface area contributed by atoms with Gasteiger partial charge in [-0.15, -0.1) is 11.3 Å². The molecule has 0 unspecified atom stereocenters. The molecule has 9 aromatic carbocycles. The van der Waals surface area contributed by atoms with Crippen LogP contribution in [-0.4, -0.2) is 0 Å². The number of furan rings is 1. The monoisotopic (exact) mass is 745 g/mol. The van der Waals surface area contributed by atoms with Crippen molar-refractivity contribution >= 4 is 70.5 Å². The van der Waals surface area contributed by atoms with Crippen molar-refractivity contribution in [3.63, 3.8) is 0 Å². The molecular formula is C54H35NOS. The fourth-order valence-corrected chi connectivity index (χ4v) is 9.38. The second-order valence-electron chi connectivity index (χ2n) is 14.5. The van der Waals surface area contributed by atoms with Crippen LogP contribution in [0, 0.1) is 0 Å². The first-order chi connectivity index (χ1) is 28.2. The van der Waals surface area contributed by atoms with Crippen LogP contribution in [0.5, 0.6) is 0 Å². The molecule has 0 amide bonds. The van der Waals surface area contributed by atoms with Gasteiger partial charge in [-0.25, -0.2) is 0 Å². The summed E-state index contributed by atoms with van der Waals surface area (Å²) in [5, 5.41) is 4.64. The minimum atomic E-state index is 0.911. The molecule has 0 saturated carbocycles. The molecule has 0 aliphatic rings. The van der Waals surface area contributed by atoms with E-state index in [4.69, 9.17) is 4.42 Å². The fraction of sp³-hybridized carbons (Fsp3) is 0. The Morgan fingerprint density at radius 3 is 1.28 bits per heavy atom. The minimum absolute atomic E-state index is 0.911. The van der Waals surface area contributed by atoms with Crippen molar-refractivity contribution in [1.82, 2.24) is 0 Å². The summed E-state index contributed by atoms with van der Waals surface area (Å²) in [6, 6.07) is 76.3. The van der Waals surface area contributed by atoms with Crippen molar-refractivity contribution in [3.8, 4) is 44.5 Å². The third-order valence-corrected chi connectivity index (χ3v) is 12.2. The second kappa shape index (κ2) is 13.8. The van der Waals surface area contributed by atoms with Crippen molar-refractivity contribution in [2.45, 2.75) is 0 Å². The lowest BCUT2D eigenvalue weighted by atomic mass is 9.99. The molecule has 0 radical (unpaired) electrons. The number of anilines is 3. The zero-order valence-corrected chi connectivity index (χ0v) is 31.8. The quantitative estimate of drug-likeness (QED) is 0.162. The Bertz CT molecular complexity index is 3050. The van der Waals surface area contributed by atoms with Gasteiger partial charge >= 0.3 is 0 Å². The Balaban J connectivity index is 1.03. The number of nitrogens with zero attached hydrogens (tertiary/aromatic N) is 1. The van der Waals surface area contributed by atoms with Gasteiger partial charge in [0.1, 0.15) is 11.2 Å². The molecule has 11 rings (SSSR count). The lowest BCUT2D eigenvalue weighted by Gasteiger charge is -2.27. The first kappa shape index (κ1) is 33.2. The zero-order chi connectivity index (χ0) is 37.7. The average molecular weight is 746 g/mol. The number of rotatable bonds is 7. The van der Waals surface area contributed by atoms with Crippen LogP contribution in [-0.2, 0) is 0 Å². The molecule has 57 heavy (non-hydrogen) atoms. The molecule has 2 heterocycles. The van der Waals surface area contributed by atoms with E-state index in [1.807, 2.05) is 17.4 Å². The van der Waals surface area contributed by atoms with Gasteiger partial charge in [0.25, 0.3) is 0 Å². The van der Waals surface area contributed by atoms with E-state index >= 15 is 0 Å². The average Bonchev–Trinajstić information content (AvgIpc) is 3.87. The summed E-state index contributed by atoms with van der Waals surface area (Å²) >= 11 is 1.82. The molecule has 0 spiro atoms. The summed E-state index contributed by atoms with van der Waals surface area (Å²) in [5.74, 6) is 0. The minimum Gasteiger partial charge on any atom is -0.455 e. The lowest BCUT2D eigenvalue weighted by Crippen LogP contribution is -2.10. The summed E-state index contributed by atoms with van der Waals surface area (Å²) in [5.41, 5.74) is 14.7. The molecule has 268 valence electrons. The molecule has 0 aliphatic carbocycles. The van der Waals surface area contributed by atoms with E-state index in [1.165, 1.54) is 59.3 Å². The fourth-order valence-electron chi connectivity index (χ4n) is 8.26. The number of fused-ring (bicyclic) bond motifs is 7. The van der Waals surface area contributed by atoms with Crippen LogP contribution in [0.25, 0.3) is 86.6 Å². The maximum atomic E-state index is 6.67. The molecule has 3 heteroatoms. The van der Waals surface area contributed by atoms with Gasteiger partial charge in [0.05, 0.1) is 5.69 Å². The molecular weight excluding hydrogens is 711 g/mol. The van der Waals surface area contributed by atoms with Gasteiger partial charge in [0.2, 0.25) is 0 Å². The lowest BCUT2D eigenvalue weighted by molar-refractivity contribution is 0.673. The van der Waals surface area contributed by atoms with Crippen LogP contribution < -0.4 is 4.90 Å². The maximum Gasteiger partial charge on any atom is 0.144 e. The molecule has 0 saturated heterocycles. The predicted octanol–water partition coefficient (Wildman–Crippen LogP) is 16.1. The van der Waals surface area contributed by atoms with Crippen LogP contribution in [0.15, 0.2) is 217 Å². The van der Waals surface area contributed by atoms with Crippen molar-refractivity contribution in [3.05, 3.63) is 212 Å². The molecule has 0 N–H and O–H groups in total. The Morgan fingerprint density at radius 1 is 0.316 bits per heavy atom. The number of para-hydroxylation sites is 1. The highest BCUT2D eigenvalue weighted by Crippen LogP contribution is 2.48. The Morgan fingerprint density at radius 2 is 0.754 bits per heavy atom. The van der Waals surface area contributed by atoms with Crippen molar-refractivity contribution in [2.24, 2.45) is 0 Å². The molecule has 0 bridgehead atoms. The maximum absolute atomic E-state index is 6.67. The Kier molecular flexibility index (Phi) is 8.04. The topological polar surface area (TPSA) is 16.4 Å². The van der Waals surface area contributed by atoms with Gasteiger partial charge in [0, 0.05) is 42.3 Å². The molecule has 2 nitrogen and oxygen atoms in total. The van der Waals surface area contributed by atoms with Gasteiger partial charge in [-0.3, -0.25) is 0 Å². The second-order valence-corrected chi connectivity index (χ2v) is 15.6. The Labute approximate surface area is 335 Å². The third-order valence-electron chi connectivity index (χ3n) is 11.1. The number of benzene rings is 9. The SMILES string of the molecule is c1ccc(-c2ccc(-c3ccc(N(c4ccc(-c5ccc(-c6ccccc6)cc5)cc4)c4cccc5sc6ccc7c8ccccc8oc7c6c45)cc3)cc2)cc1. The van der Waals surface area contributed by atoms with Crippen LogP contribution in [0.4, 0.5) is 17.1 Å². The number of thiophene rings is 1. The molecule has 0 fully saturated rings. The van der Waals surface area contributed by atoms with E-state index < -0.39 is 0 Å². The van der Waals surface area contributed by atoms with Crippen LogP contribution >= 0.6 is 11.3 Å². The van der Waals surface area contributed by atoms with Crippen molar-refractivity contribution in [1.29, 1.82) is 0 Å². The first-order valence-corrected chi connectivity index (χ1v) is 20.1. The van der Waals surface area contributed by atoms with Crippen LogP contribution in [0.2, 0.25) is 0 Å². The molecule has 2 aromatic heterocycles. The highest BCUT2D eigenvalue weighted by molar-refractivity contribution is 7.26. The normalized spacial score (nSPS) is 11.5. The summed E-state index contributed by atoms with van der Waals surface area (Å²) in [7, 11) is 0. The summed E-state index contributed by atoms with van der Waals surface area (Å²) in [6.45, 7) is 0. The van der Waals surface area contributed by atoms with Gasteiger partial charge in [0.15, 0.2) is 0 Å². The third kappa shape index (κ3) is 5.88. The molecule has 0 aliphatic heterocycles. The van der Waals surface area contributed by atoms with Gasteiger partial charge in [-0.2, -0.15) is 0 Å². The van der Waals surface area contributed by atoms with Crippen molar-refractivity contribution in [2.75, 3.05) is 4.90 Å². The largest absolute Gasteiger partial charge is 0.455 e. The van der Waals surface area contributed by atoms with E-state index in [-0.39, 0.29) is 0 Å². The van der Waals surface area contributed by atoms with E-state index in [1.54, 1.807) is 0 Å². The number of hydrogen-bond acceptors (Lipinski definition) is 3. The molecule has 0 atom stereocenters. The van der Waals surface area contributed by atoms with E-state index in [2.05, 4.69) is 211 Å². The first-order valence-electron chi connectivity index (χ1n) is 19.3. The highest BCUT2D eigenvalue weighted by atomic mass is 32.1. The summed E-state index contributed by atoms with van der Waals surface area (Å²) < 4.78 is 9.11. The van der Waals surface area contributed by atoms with Crippen molar-refractivity contribution < 1.29 is 4.42 Å². The molecule has 11 aromatic rings.